The van der Waals surface area contributed by atoms with Gasteiger partial charge in [-0.25, -0.2) is 5.43 Å². The number of carbonyl (C=O) groups is 1. The van der Waals surface area contributed by atoms with Gasteiger partial charge in [0.05, 0.1) is 16.8 Å². The van der Waals surface area contributed by atoms with Crippen molar-refractivity contribution in [3.63, 3.8) is 0 Å². The Kier molecular flexibility index (Phi) is 5.81. The summed E-state index contributed by atoms with van der Waals surface area (Å²) in [5.41, 5.74) is 2.70. The minimum Gasteiger partial charge on any atom is -0.448 e. The van der Waals surface area contributed by atoms with Crippen molar-refractivity contribution in [1.82, 2.24) is 5.43 Å². The Balaban J connectivity index is 1.60. The zero-order chi connectivity index (χ0) is 17.6. The number of carbonyl (C=O) groups excluding carboxylic acids is 1. The SMILES string of the molecule is O=C(N/N=C\c1ccc(Sc2ccccc2)o1)c1ccc(Cl)cc1Cl. The molecule has 1 amide bonds. The second kappa shape index (κ2) is 8.25. The van der Waals surface area contributed by atoms with Gasteiger partial charge in [0.25, 0.3) is 5.91 Å². The molecule has 0 aliphatic carbocycles. The molecule has 3 aromatic rings. The Morgan fingerprint density at radius 3 is 2.64 bits per heavy atom. The van der Waals surface area contributed by atoms with Crippen molar-refractivity contribution in [2.24, 2.45) is 5.10 Å². The molecule has 0 unspecified atom stereocenters. The molecule has 1 aromatic heterocycles. The van der Waals surface area contributed by atoms with E-state index in [2.05, 4.69) is 10.5 Å². The number of halogens is 2. The molecule has 2 aromatic carbocycles. The van der Waals surface area contributed by atoms with Crippen LogP contribution in [0.15, 0.2) is 80.2 Å². The van der Waals surface area contributed by atoms with Crippen LogP contribution in [0.5, 0.6) is 0 Å². The highest BCUT2D eigenvalue weighted by atomic mass is 35.5. The van der Waals surface area contributed by atoms with Gasteiger partial charge in [0.15, 0.2) is 5.09 Å². The van der Waals surface area contributed by atoms with Crippen molar-refractivity contribution < 1.29 is 9.21 Å². The molecule has 0 radical (unpaired) electrons. The number of benzene rings is 2. The van der Waals surface area contributed by atoms with Crippen LogP contribution in [0.25, 0.3) is 0 Å². The van der Waals surface area contributed by atoms with Crippen molar-refractivity contribution in [3.05, 3.63) is 82.0 Å². The Morgan fingerprint density at radius 1 is 1.08 bits per heavy atom. The van der Waals surface area contributed by atoms with E-state index in [-0.39, 0.29) is 5.02 Å². The first kappa shape index (κ1) is 17.6. The molecule has 0 fully saturated rings. The maximum absolute atomic E-state index is 12.0. The number of rotatable bonds is 5. The normalized spacial score (nSPS) is 11.0. The lowest BCUT2D eigenvalue weighted by molar-refractivity contribution is 0.0955. The van der Waals surface area contributed by atoms with Crippen LogP contribution >= 0.6 is 35.0 Å². The summed E-state index contributed by atoms with van der Waals surface area (Å²) < 4.78 is 5.63. The number of furan rings is 1. The van der Waals surface area contributed by atoms with E-state index in [0.717, 1.165) is 9.99 Å². The number of hydrazone groups is 1. The third-order valence-electron chi connectivity index (χ3n) is 3.10. The number of hydrogen-bond acceptors (Lipinski definition) is 4. The maximum atomic E-state index is 12.0. The van der Waals surface area contributed by atoms with Crippen molar-refractivity contribution in [2.75, 3.05) is 0 Å². The van der Waals surface area contributed by atoms with E-state index in [4.69, 9.17) is 27.6 Å². The summed E-state index contributed by atoms with van der Waals surface area (Å²) in [6.45, 7) is 0. The summed E-state index contributed by atoms with van der Waals surface area (Å²) in [6.07, 6.45) is 1.43. The van der Waals surface area contributed by atoms with Gasteiger partial charge >= 0.3 is 0 Å². The summed E-state index contributed by atoms with van der Waals surface area (Å²) in [4.78, 5) is 13.1. The smallest absolute Gasteiger partial charge is 0.272 e. The first-order valence-electron chi connectivity index (χ1n) is 7.23. The van der Waals surface area contributed by atoms with Crippen LogP contribution in [0.4, 0.5) is 0 Å². The fourth-order valence-corrected chi connectivity index (χ4v) is 3.25. The summed E-state index contributed by atoms with van der Waals surface area (Å²) in [6, 6.07) is 18.1. The first-order chi connectivity index (χ1) is 12.1. The zero-order valence-corrected chi connectivity index (χ0v) is 15.1. The average Bonchev–Trinajstić information content (AvgIpc) is 3.03. The van der Waals surface area contributed by atoms with Gasteiger partial charge in [0.1, 0.15) is 5.76 Å². The van der Waals surface area contributed by atoms with Crippen LogP contribution in [0, 0.1) is 0 Å². The van der Waals surface area contributed by atoms with E-state index in [1.165, 1.54) is 30.1 Å². The molecule has 0 aliphatic rings. The number of amides is 1. The van der Waals surface area contributed by atoms with Gasteiger partial charge in [-0.05, 0) is 42.5 Å². The van der Waals surface area contributed by atoms with Crippen molar-refractivity contribution >= 4 is 47.1 Å². The number of nitrogens with one attached hydrogen (secondary N) is 1. The van der Waals surface area contributed by atoms with E-state index in [1.54, 1.807) is 12.1 Å². The summed E-state index contributed by atoms with van der Waals surface area (Å²) in [5, 5.41) is 5.34. The van der Waals surface area contributed by atoms with Gasteiger partial charge in [-0.1, -0.05) is 53.2 Å². The fourth-order valence-electron chi connectivity index (χ4n) is 1.95. The highest BCUT2D eigenvalue weighted by Crippen LogP contribution is 2.28. The standard InChI is InChI=1S/C18H12Cl2N2O2S/c19-12-6-8-15(16(20)10-12)18(23)22-21-11-13-7-9-17(24-13)25-14-4-2-1-3-5-14/h1-11H,(H,22,23)/b21-11-. The quantitative estimate of drug-likeness (QED) is 0.462. The van der Waals surface area contributed by atoms with Crippen LogP contribution in [-0.4, -0.2) is 12.1 Å². The second-order valence-electron chi connectivity index (χ2n) is 4.90. The maximum Gasteiger partial charge on any atom is 0.272 e. The molecule has 1 heterocycles. The molecule has 4 nitrogen and oxygen atoms in total. The van der Waals surface area contributed by atoms with Crippen LogP contribution < -0.4 is 5.43 Å². The van der Waals surface area contributed by atoms with Gasteiger partial charge < -0.3 is 4.42 Å². The third kappa shape index (κ3) is 4.89. The van der Waals surface area contributed by atoms with Crippen LogP contribution in [-0.2, 0) is 0 Å². The molecule has 1 N–H and O–H groups in total. The van der Waals surface area contributed by atoms with Gasteiger partial charge in [-0.15, -0.1) is 0 Å². The zero-order valence-electron chi connectivity index (χ0n) is 12.8. The number of hydrogen-bond donors (Lipinski definition) is 1. The number of nitrogens with zero attached hydrogens (tertiary/aromatic N) is 1. The van der Waals surface area contributed by atoms with Crippen LogP contribution in [0.1, 0.15) is 16.1 Å². The molecular formula is C18H12Cl2N2O2S. The summed E-state index contributed by atoms with van der Waals surface area (Å²) in [7, 11) is 0. The lowest BCUT2D eigenvalue weighted by Gasteiger charge is -2.02. The molecule has 0 saturated heterocycles. The third-order valence-corrected chi connectivity index (χ3v) is 4.57. The van der Waals surface area contributed by atoms with E-state index in [1.807, 2.05) is 36.4 Å². The average molecular weight is 391 g/mol. The minimum absolute atomic E-state index is 0.264. The van der Waals surface area contributed by atoms with Gasteiger partial charge in [-0.2, -0.15) is 5.10 Å². The topological polar surface area (TPSA) is 54.6 Å². The lowest BCUT2D eigenvalue weighted by atomic mass is 10.2. The molecule has 25 heavy (non-hydrogen) atoms. The predicted molar refractivity (Wildman–Crippen MR) is 101 cm³/mol. The highest BCUT2D eigenvalue weighted by Gasteiger charge is 2.09. The summed E-state index contributed by atoms with van der Waals surface area (Å²) >= 11 is 13.3. The highest BCUT2D eigenvalue weighted by molar-refractivity contribution is 7.99. The van der Waals surface area contributed by atoms with Gasteiger partial charge in [-0.3, -0.25) is 4.79 Å². The second-order valence-corrected chi connectivity index (χ2v) is 6.82. The predicted octanol–water partition coefficient (Wildman–Crippen LogP) is 5.50. The monoisotopic (exact) mass is 390 g/mol. The van der Waals surface area contributed by atoms with Gasteiger partial charge in [0, 0.05) is 9.92 Å². The molecular weight excluding hydrogens is 379 g/mol. The van der Waals surface area contributed by atoms with Crippen molar-refractivity contribution in [1.29, 1.82) is 0 Å². The Morgan fingerprint density at radius 2 is 1.88 bits per heavy atom. The molecule has 126 valence electrons. The van der Waals surface area contributed by atoms with E-state index < -0.39 is 5.91 Å². The molecule has 0 saturated carbocycles. The molecule has 0 atom stereocenters. The molecule has 0 aliphatic heterocycles. The minimum atomic E-state index is -0.427. The van der Waals surface area contributed by atoms with Crippen LogP contribution in [0.2, 0.25) is 10.0 Å². The Hall–Kier alpha value is -2.21. The van der Waals surface area contributed by atoms with Crippen LogP contribution in [0.3, 0.4) is 0 Å². The summed E-state index contributed by atoms with van der Waals surface area (Å²) in [5.74, 6) is 0.101. The van der Waals surface area contributed by atoms with E-state index in [9.17, 15) is 4.79 Å². The van der Waals surface area contributed by atoms with Gasteiger partial charge in [0.2, 0.25) is 0 Å². The first-order valence-corrected chi connectivity index (χ1v) is 8.80. The molecule has 0 spiro atoms. The Bertz CT molecular complexity index is 910. The lowest BCUT2D eigenvalue weighted by Crippen LogP contribution is -2.17. The Labute approximate surface area is 158 Å². The van der Waals surface area contributed by atoms with Crippen molar-refractivity contribution in [2.45, 2.75) is 9.99 Å². The molecule has 7 heteroatoms. The fraction of sp³-hybridized carbons (Fsp3) is 0. The van der Waals surface area contributed by atoms with E-state index >= 15 is 0 Å². The molecule has 0 bridgehead atoms. The molecule has 3 rings (SSSR count). The van der Waals surface area contributed by atoms with E-state index in [0.29, 0.717) is 16.3 Å². The van der Waals surface area contributed by atoms with Crippen molar-refractivity contribution in [3.8, 4) is 0 Å². The largest absolute Gasteiger partial charge is 0.448 e.